The molecule has 0 saturated heterocycles. The van der Waals surface area contributed by atoms with Crippen molar-refractivity contribution in [3.8, 4) is 0 Å². The largest absolute Gasteiger partial charge is 0.387 e. The number of nitro groups is 1. The maximum atomic E-state index is 12.2. The molecule has 108 valence electrons. The number of carbonyl (C=O) groups excluding carboxylic acids is 1. The number of benzene rings is 2. The van der Waals surface area contributed by atoms with Gasteiger partial charge in [0.25, 0.3) is 11.6 Å². The minimum Gasteiger partial charge on any atom is -0.387 e. The van der Waals surface area contributed by atoms with E-state index in [1.807, 2.05) is 0 Å². The molecule has 0 bridgehead atoms. The summed E-state index contributed by atoms with van der Waals surface area (Å²) in [4.78, 5) is 22.3. The first-order chi connectivity index (χ1) is 10.0. The molecular formula is C14H12ClN3O3. The van der Waals surface area contributed by atoms with Gasteiger partial charge in [0, 0.05) is 35.6 Å². The van der Waals surface area contributed by atoms with Crippen molar-refractivity contribution >= 4 is 34.6 Å². The molecule has 0 aliphatic rings. The van der Waals surface area contributed by atoms with Crippen LogP contribution in [0.3, 0.4) is 0 Å². The third kappa shape index (κ3) is 3.49. The highest BCUT2D eigenvalue weighted by Gasteiger charge is 2.12. The molecule has 0 radical (unpaired) electrons. The van der Waals surface area contributed by atoms with Gasteiger partial charge < -0.3 is 10.6 Å². The minimum absolute atomic E-state index is 0.0355. The Hall–Kier alpha value is -2.60. The van der Waals surface area contributed by atoms with Crippen molar-refractivity contribution in [2.24, 2.45) is 0 Å². The van der Waals surface area contributed by atoms with E-state index in [9.17, 15) is 14.9 Å². The summed E-state index contributed by atoms with van der Waals surface area (Å²) in [5, 5.41) is 16.6. The topological polar surface area (TPSA) is 84.3 Å². The van der Waals surface area contributed by atoms with Crippen LogP contribution in [0.1, 0.15) is 10.4 Å². The van der Waals surface area contributed by atoms with Gasteiger partial charge in [-0.3, -0.25) is 14.9 Å². The number of rotatable bonds is 4. The highest BCUT2D eigenvalue weighted by Crippen LogP contribution is 2.22. The molecule has 0 saturated carbocycles. The molecule has 2 aromatic rings. The van der Waals surface area contributed by atoms with Crippen molar-refractivity contribution in [2.75, 3.05) is 17.7 Å². The molecule has 2 aromatic carbocycles. The number of nitrogens with zero attached hydrogens (tertiary/aromatic N) is 1. The van der Waals surface area contributed by atoms with Crippen LogP contribution in [0.15, 0.2) is 42.5 Å². The first-order valence-corrected chi connectivity index (χ1v) is 6.42. The standard InChI is InChI=1S/C14H12ClN3O3/c1-16-13-7-2-9(15)8-12(13)14(19)17-10-3-5-11(6-4-10)18(20)21/h2-8,16H,1H3,(H,17,19). The molecule has 0 unspecified atom stereocenters. The zero-order chi connectivity index (χ0) is 15.4. The molecule has 0 heterocycles. The number of halogens is 1. The lowest BCUT2D eigenvalue weighted by atomic mass is 10.1. The normalized spacial score (nSPS) is 10.0. The van der Waals surface area contributed by atoms with E-state index in [-0.39, 0.29) is 11.6 Å². The number of anilines is 2. The number of nitrogens with one attached hydrogen (secondary N) is 2. The van der Waals surface area contributed by atoms with Gasteiger partial charge in [-0.2, -0.15) is 0 Å². The molecule has 0 atom stereocenters. The Kier molecular flexibility index (Phi) is 4.39. The third-order valence-electron chi connectivity index (χ3n) is 2.83. The van der Waals surface area contributed by atoms with Crippen LogP contribution < -0.4 is 10.6 Å². The number of hydrogen-bond donors (Lipinski definition) is 2. The summed E-state index contributed by atoms with van der Waals surface area (Å²) >= 11 is 5.89. The lowest BCUT2D eigenvalue weighted by Gasteiger charge is -2.10. The molecule has 0 spiro atoms. The fourth-order valence-corrected chi connectivity index (χ4v) is 1.96. The van der Waals surface area contributed by atoms with E-state index in [0.717, 1.165) is 0 Å². The molecular weight excluding hydrogens is 294 g/mol. The third-order valence-corrected chi connectivity index (χ3v) is 3.07. The summed E-state index contributed by atoms with van der Waals surface area (Å²) in [7, 11) is 1.70. The second-order valence-electron chi connectivity index (χ2n) is 4.20. The van der Waals surface area contributed by atoms with E-state index in [2.05, 4.69) is 10.6 Å². The van der Waals surface area contributed by atoms with Gasteiger partial charge in [-0.1, -0.05) is 11.6 Å². The highest BCUT2D eigenvalue weighted by molar-refractivity contribution is 6.31. The van der Waals surface area contributed by atoms with E-state index < -0.39 is 4.92 Å². The van der Waals surface area contributed by atoms with Crippen molar-refractivity contribution in [2.45, 2.75) is 0 Å². The summed E-state index contributed by atoms with van der Waals surface area (Å²) in [6.07, 6.45) is 0. The molecule has 0 aliphatic carbocycles. The average molecular weight is 306 g/mol. The van der Waals surface area contributed by atoms with Crippen molar-refractivity contribution < 1.29 is 9.72 Å². The molecule has 1 amide bonds. The van der Waals surface area contributed by atoms with E-state index in [0.29, 0.717) is 22.0 Å². The van der Waals surface area contributed by atoms with Gasteiger partial charge in [0.15, 0.2) is 0 Å². The van der Waals surface area contributed by atoms with Gasteiger partial charge in [-0.15, -0.1) is 0 Å². The molecule has 0 fully saturated rings. The zero-order valence-electron chi connectivity index (χ0n) is 11.1. The van der Waals surface area contributed by atoms with Crippen LogP contribution in [0, 0.1) is 10.1 Å². The molecule has 7 heteroatoms. The van der Waals surface area contributed by atoms with E-state index in [1.165, 1.54) is 24.3 Å². The van der Waals surface area contributed by atoms with Crippen molar-refractivity contribution in [1.82, 2.24) is 0 Å². The summed E-state index contributed by atoms with van der Waals surface area (Å²) in [6.45, 7) is 0. The molecule has 2 rings (SSSR count). The Labute approximate surface area is 125 Å². The van der Waals surface area contributed by atoms with Crippen LogP contribution in [0.4, 0.5) is 17.1 Å². The van der Waals surface area contributed by atoms with Crippen LogP contribution in [0.2, 0.25) is 5.02 Å². The number of non-ortho nitro benzene ring substituents is 1. The fourth-order valence-electron chi connectivity index (χ4n) is 1.79. The maximum Gasteiger partial charge on any atom is 0.269 e. The molecule has 0 aliphatic heterocycles. The lowest BCUT2D eigenvalue weighted by Crippen LogP contribution is -2.14. The van der Waals surface area contributed by atoms with Gasteiger partial charge in [0.05, 0.1) is 10.5 Å². The molecule has 2 N–H and O–H groups in total. The van der Waals surface area contributed by atoms with Gasteiger partial charge >= 0.3 is 0 Å². The number of hydrogen-bond acceptors (Lipinski definition) is 4. The van der Waals surface area contributed by atoms with Crippen LogP contribution >= 0.6 is 11.6 Å². The first kappa shape index (κ1) is 14.8. The SMILES string of the molecule is CNc1ccc(Cl)cc1C(=O)Nc1ccc([N+](=O)[O-])cc1. The summed E-state index contributed by atoms with van der Waals surface area (Å²) < 4.78 is 0. The smallest absolute Gasteiger partial charge is 0.269 e. The monoisotopic (exact) mass is 305 g/mol. The van der Waals surface area contributed by atoms with E-state index in [4.69, 9.17) is 11.6 Å². The lowest BCUT2D eigenvalue weighted by molar-refractivity contribution is -0.384. The predicted molar refractivity (Wildman–Crippen MR) is 82.0 cm³/mol. The van der Waals surface area contributed by atoms with Gasteiger partial charge in [0.1, 0.15) is 0 Å². The molecule has 0 aromatic heterocycles. The number of amides is 1. The Bertz CT molecular complexity index is 686. The molecule has 6 nitrogen and oxygen atoms in total. The Morgan fingerprint density at radius 3 is 2.43 bits per heavy atom. The summed E-state index contributed by atoms with van der Waals surface area (Å²) in [5.41, 5.74) is 1.46. The molecule has 21 heavy (non-hydrogen) atoms. The second kappa shape index (κ2) is 6.23. The van der Waals surface area contributed by atoms with Crippen LogP contribution in [-0.2, 0) is 0 Å². The van der Waals surface area contributed by atoms with Crippen molar-refractivity contribution in [1.29, 1.82) is 0 Å². The Morgan fingerprint density at radius 2 is 1.86 bits per heavy atom. The van der Waals surface area contributed by atoms with E-state index in [1.54, 1.807) is 25.2 Å². The number of nitro benzene ring substituents is 1. The van der Waals surface area contributed by atoms with Crippen LogP contribution in [-0.4, -0.2) is 17.9 Å². The van der Waals surface area contributed by atoms with Gasteiger partial charge in [-0.05, 0) is 30.3 Å². The second-order valence-corrected chi connectivity index (χ2v) is 4.63. The Morgan fingerprint density at radius 1 is 1.19 bits per heavy atom. The highest BCUT2D eigenvalue weighted by atomic mass is 35.5. The Balaban J connectivity index is 2.21. The zero-order valence-corrected chi connectivity index (χ0v) is 11.8. The summed E-state index contributed by atoms with van der Waals surface area (Å²) in [5.74, 6) is -0.351. The maximum absolute atomic E-state index is 12.2. The first-order valence-electron chi connectivity index (χ1n) is 6.04. The average Bonchev–Trinajstić information content (AvgIpc) is 2.47. The van der Waals surface area contributed by atoms with E-state index >= 15 is 0 Å². The summed E-state index contributed by atoms with van der Waals surface area (Å²) in [6, 6.07) is 10.5. The number of carbonyl (C=O) groups is 1. The van der Waals surface area contributed by atoms with Gasteiger partial charge in [0.2, 0.25) is 0 Å². The van der Waals surface area contributed by atoms with Gasteiger partial charge in [-0.25, -0.2) is 0 Å². The quantitative estimate of drug-likeness (QED) is 0.668. The minimum atomic E-state index is -0.498. The predicted octanol–water partition coefficient (Wildman–Crippen LogP) is 3.54. The van der Waals surface area contributed by atoms with Crippen molar-refractivity contribution in [3.63, 3.8) is 0 Å². The van der Waals surface area contributed by atoms with Crippen LogP contribution in [0.25, 0.3) is 0 Å². The van der Waals surface area contributed by atoms with Crippen LogP contribution in [0.5, 0.6) is 0 Å². The fraction of sp³-hybridized carbons (Fsp3) is 0.0714. The van der Waals surface area contributed by atoms with Crippen molar-refractivity contribution in [3.05, 3.63) is 63.2 Å².